The molecule has 0 radical (unpaired) electrons. The van der Waals surface area contributed by atoms with E-state index < -0.39 is 28.1 Å². The number of fused-ring (bicyclic) bond motifs is 1. The molecule has 36 heavy (non-hydrogen) atoms. The molecule has 3 aromatic rings. The Hall–Kier alpha value is -4.59. The summed E-state index contributed by atoms with van der Waals surface area (Å²) in [5.41, 5.74) is -0.999. The zero-order valence-electron chi connectivity index (χ0n) is 19.7. The number of ether oxygens (including phenoxy) is 2. The Kier molecular flexibility index (Phi) is 6.78. The highest BCUT2D eigenvalue weighted by Gasteiger charge is 2.60. The van der Waals surface area contributed by atoms with Gasteiger partial charge in [-0.05, 0) is 30.5 Å². The number of allylic oxidation sites excluding steroid dienone is 1. The summed E-state index contributed by atoms with van der Waals surface area (Å²) >= 11 is 0. The number of hydrogen-bond donors (Lipinski definition) is 0. The molecule has 0 aliphatic heterocycles. The molecule has 0 saturated carbocycles. The Morgan fingerprint density at radius 3 is 2.06 bits per heavy atom. The van der Waals surface area contributed by atoms with Crippen LogP contribution in [0.1, 0.15) is 40.9 Å². The summed E-state index contributed by atoms with van der Waals surface area (Å²) in [5.74, 6) is -2.30. The number of hydrogen-bond acceptors (Lipinski definition) is 7. The molecule has 0 spiro atoms. The van der Waals surface area contributed by atoms with Gasteiger partial charge in [-0.1, -0.05) is 66.7 Å². The number of Topliss-reactive ketones (excluding diaryl/α,β-unsaturated/α-hetero) is 1. The molecule has 182 valence electrons. The smallest absolute Gasteiger partial charge is 0.332 e. The number of rotatable bonds is 8. The Bertz CT molecular complexity index is 1370. The third kappa shape index (κ3) is 3.86. The van der Waals surface area contributed by atoms with E-state index in [2.05, 4.69) is 0 Å². The summed E-state index contributed by atoms with van der Waals surface area (Å²) in [7, 11) is 0. The highest BCUT2D eigenvalue weighted by molar-refractivity contribution is 6.42. The summed E-state index contributed by atoms with van der Waals surface area (Å²) in [6, 6.07) is 20.5. The fraction of sp³-hybridized carbons (Fsp3) is 0.179. The summed E-state index contributed by atoms with van der Waals surface area (Å²) in [5, 5.41) is 11.4. The molecular formula is C28H23NO7. The highest BCUT2D eigenvalue weighted by Crippen LogP contribution is 2.53. The van der Waals surface area contributed by atoms with Crippen LogP contribution in [0.5, 0.6) is 0 Å². The van der Waals surface area contributed by atoms with Crippen molar-refractivity contribution in [2.75, 3.05) is 13.2 Å². The van der Waals surface area contributed by atoms with Crippen LogP contribution >= 0.6 is 0 Å². The van der Waals surface area contributed by atoms with Crippen molar-refractivity contribution >= 4 is 34.6 Å². The molecule has 8 heteroatoms. The predicted octanol–water partition coefficient (Wildman–Crippen LogP) is 4.77. The van der Waals surface area contributed by atoms with Crippen molar-refractivity contribution in [3.05, 3.63) is 111 Å². The quantitative estimate of drug-likeness (QED) is 0.149. The lowest BCUT2D eigenvalue weighted by Gasteiger charge is -2.29. The van der Waals surface area contributed by atoms with E-state index in [4.69, 9.17) is 9.47 Å². The maximum Gasteiger partial charge on any atom is 0.332 e. The standard InChI is InChI=1S/C28H23NO7/c1-3-35-26(31)28(27(32)36-4-2)22-16-9-8-15-21(22)23(24(28)18-11-6-5-7-12-18)25(30)19-13-10-14-20(17-19)29(33)34/h5-17H,3-4H2,1-2H3. The number of carbonyl (C=O) groups is 3. The van der Waals surface area contributed by atoms with Crippen molar-refractivity contribution in [3.8, 4) is 0 Å². The van der Waals surface area contributed by atoms with Gasteiger partial charge in [0.2, 0.25) is 5.41 Å². The van der Waals surface area contributed by atoms with Gasteiger partial charge in [0.15, 0.2) is 5.78 Å². The van der Waals surface area contributed by atoms with Gasteiger partial charge in [0, 0.05) is 28.8 Å². The minimum absolute atomic E-state index is 0.00160. The number of non-ortho nitro benzene ring substituents is 1. The Morgan fingerprint density at radius 2 is 1.44 bits per heavy atom. The third-order valence-electron chi connectivity index (χ3n) is 6.00. The van der Waals surface area contributed by atoms with Crippen LogP contribution in [0.25, 0.3) is 11.1 Å². The first kappa shape index (κ1) is 24.5. The first-order chi connectivity index (χ1) is 17.4. The van der Waals surface area contributed by atoms with Crippen LogP contribution in [-0.2, 0) is 24.5 Å². The van der Waals surface area contributed by atoms with E-state index >= 15 is 0 Å². The van der Waals surface area contributed by atoms with Crippen molar-refractivity contribution in [1.82, 2.24) is 0 Å². The van der Waals surface area contributed by atoms with Crippen LogP contribution in [0, 0.1) is 10.1 Å². The summed E-state index contributed by atoms with van der Waals surface area (Å²) in [6.07, 6.45) is 0. The molecule has 0 aromatic heterocycles. The second kappa shape index (κ2) is 9.95. The molecular weight excluding hydrogens is 462 g/mol. The van der Waals surface area contributed by atoms with Gasteiger partial charge in [-0.3, -0.25) is 24.5 Å². The number of ketones is 1. The van der Waals surface area contributed by atoms with E-state index in [1.165, 1.54) is 24.3 Å². The highest BCUT2D eigenvalue weighted by atomic mass is 16.6. The number of nitro groups is 1. The van der Waals surface area contributed by atoms with E-state index in [1.54, 1.807) is 68.4 Å². The molecule has 0 saturated heterocycles. The zero-order chi connectivity index (χ0) is 25.9. The van der Waals surface area contributed by atoms with Crippen molar-refractivity contribution in [2.45, 2.75) is 19.3 Å². The number of carbonyl (C=O) groups excluding carboxylic acids is 3. The number of nitrogens with zero attached hydrogens (tertiary/aromatic N) is 1. The van der Waals surface area contributed by atoms with Crippen LogP contribution in [0.4, 0.5) is 5.69 Å². The van der Waals surface area contributed by atoms with Gasteiger partial charge < -0.3 is 9.47 Å². The molecule has 0 heterocycles. The van der Waals surface area contributed by atoms with Crippen molar-refractivity contribution in [2.24, 2.45) is 0 Å². The largest absolute Gasteiger partial charge is 0.465 e. The first-order valence-corrected chi connectivity index (χ1v) is 11.4. The molecule has 4 rings (SSSR count). The van der Waals surface area contributed by atoms with E-state index in [1.807, 2.05) is 0 Å². The average Bonchev–Trinajstić information content (AvgIpc) is 3.21. The molecule has 0 fully saturated rings. The Labute approximate surface area is 207 Å². The zero-order valence-corrected chi connectivity index (χ0v) is 19.7. The van der Waals surface area contributed by atoms with Crippen LogP contribution in [0.15, 0.2) is 78.9 Å². The monoisotopic (exact) mass is 485 g/mol. The van der Waals surface area contributed by atoms with Crippen LogP contribution in [0.3, 0.4) is 0 Å². The number of esters is 2. The normalized spacial score (nSPS) is 13.6. The topological polar surface area (TPSA) is 113 Å². The van der Waals surface area contributed by atoms with Gasteiger partial charge >= 0.3 is 11.9 Å². The van der Waals surface area contributed by atoms with E-state index in [-0.39, 0.29) is 41.2 Å². The maximum absolute atomic E-state index is 14.0. The first-order valence-electron chi connectivity index (χ1n) is 11.4. The lowest BCUT2D eigenvalue weighted by atomic mass is 9.74. The van der Waals surface area contributed by atoms with E-state index in [0.717, 1.165) is 0 Å². The minimum Gasteiger partial charge on any atom is -0.465 e. The lowest BCUT2D eigenvalue weighted by Crippen LogP contribution is -2.46. The number of benzene rings is 3. The molecule has 0 amide bonds. The fourth-order valence-electron chi connectivity index (χ4n) is 4.58. The SMILES string of the molecule is CCOC(=O)C1(C(=O)OCC)C(c2ccccc2)=C(C(=O)c2cccc([N+](=O)[O-])c2)c2ccccc21. The van der Waals surface area contributed by atoms with Crippen LogP contribution in [-0.4, -0.2) is 35.9 Å². The van der Waals surface area contributed by atoms with Crippen LogP contribution in [0.2, 0.25) is 0 Å². The van der Waals surface area contributed by atoms with Gasteiger partial charge in [-0.2, -0.15) is 0 Å². The molecule has 0 atom stereocenters. The van der Waals surface area contributed by atoms with Gasteiger partial charge in [0.1, 0.15) is 0 Å². The lowest BCUT2D eigenvalue weighted by molar-refractivity contribution is -0.384. The molecule has 0 N–H and O–H groups in total. The molecule has 1 aliphatic carbocycles. The van der Waals surface area contributed by atoms with Gasteiger partial charge in [0.25, 0.3) is 5.69 Å². The predicted molar refractivity (Wildman–Crippen MR) is 132 cm³/mol. The second-order valence-electron chi connectivity index (χ2n) is 7.99. The average molecular weight is 485 g/mol. The van der Waals surface area contributed by atoms with Gasteiger partial charge in [0.05, 0.1) is 18.1 Å². The summed E-state index contributed by atoms with van der Waals surface area (Å²) < 4.78 is 10.8. The third-order valence-corrected chi connectivity index (χ3v) is 6.00. The summed E-state index contributed by atoms with van der Waals surface area (Å²) in [6.45, 7) is 3.24. The summed E-state index contributed by atoms with van der Waals surface area (Å²) in [4.78, 5) is 52.2. The Balaban J connectivity index is 2.13. The molecule has 0 unspecified atom stereocenters. The van der Waals surface area contributed by atoms with Gasteiger partial charge in [-0.15, -0.1) is 0 Å². The van der Waals surface area contributed by atoms with Gasteiger partial charge in [-0.25, -0.2) is 0 Å². The second-order valence-corrected chi connectivity index (χ2v) is 7.99. The fourth-order valence-corrected chi connectivity index (χ4v) is 4.58. The molecule has 8 nitrogen and oxygen atoms in total. The maximum atomic E-state index is 14.0. The van der Waals surface area contributed by atoms with E-state index in [0.29, 0.717) is 11.1 Å². The Morgan fingerprint density at radius 1 is 0.833 bits per heavy atom. The van der Waals surface area contributed by atoms with Crippen molar-refractivity contribution in [3.63, 3.8) is 0 Å². The number of nitro benzene ring substituents is 1. The van der Waals surface area contributed by atoms with Crippen molar-refractivity contribution in [1.29, 1.82) is 0 Å². The van der Waals surface area contributed by atoms with Crippen molar-refractivity contribution < 1.29 is 28.8 Å². The van der Waals surface area contributed by atoms with Crippen LogP contribution < -0.4 is 0 Å². The molecule has 1 aliphatic rings. The molecule has 3 aromatic carbocycles. The van der Waals surface area contributed by atoms with E-state index in [9.17, 15) is 24.5 Å². The molecule has 0 bridgehead atoms. The minimum atomic E-state index is -2.06.